The molecule has 5 heteroatoms. The normalized spacial score (nSPS) is 10.8. The van der Waals surface area contributed by atoms with E-state index in [1.165, 1.54) is 0 Å². The highest BCUT2D eigenvalue weighted by Crippen LogP contribution is 2.21. The van der Waals surface area contributed by atoms with Crippen LogP contribution in [-0.2, 0) is 4.74 Å². The van der Waals surface area contributed by atoms with E-state index in [-0.39, 0.29) is 5.56 Å². The zero-order valence-electron chi connectivity index (χ0n) is 12.4. The number of aromatic carboxylic acids is 1. The number of carboxylic acids is 1. The van der Waals surface area contributed by atoms with Crippen LogP contribution in [0.4, 0.5) is 5.82 Å². The fraction of sp³-hybridized carbons (Fsp3) is 0.375. The molecule has 2 rings (SSSR count). The molecule has 0 aliphatic carbocycles. The largest absolute Gasteiger partial charge is 0.478 e. The SMILES string of the molecule is CCOCCN(CC)c1ccc2c(C(=O)O)cccc2n1. The van der Waals surface area contributed by atoms with E-state index < -0.39 is 5.97 Å². The van der Waals surface area contributed by atoms with E-state index in [0.29, 0.717) is 24.1 Å². The number of benzene rings is 1. The molecule has 0 bridgehead atoms. The molecule has 2 aromatic rings. The second-order valence-electron chi connectivity index (χ2n) is 4.62. The molecule has 0 saturated carbocycles. The Morgan fingerprint density at radius 1 is 1.29 bits per heavy atom. The van der Waals surface area contributed by atoms with Crippen LogP contribution in [0.1, 0.15) is 24.2 Å². The number of hydrogen-bond acceptors (Lipinski definition) is 4. The van der Waals surface area contributed by atoms with Crippen LogP contribution in [0.2, 0.25) is 0 Å². The van der Waals surface area contributed by atoms with Crippen molar-refractivity contribution >= 4 is 22.7 Å². The van der Waals surface area contributed by atoms with E-state index in [2.05, 4.69) is 16.8 Å². The topological polar surface area (TPSA) is 62.7 Å². The van der Waals surface area contributed by atoms with Crippen molar-refractivity contribution < 1.29 is 14.6 Å². The van der Waals surface area contributed by atoms with Crippen LogP contribution in [0.15, 0.2) is 30.3 Å². The first-order valence-corrected chi connectivity index (χ1v) is 7.13. The maximum atomic E-state index is 11.2. The molecule has 0 aliphatic rings. The quantitative estimate of drug-likeness (QED) is 0.794. The smallest absolute Gasteiger partial charge is 0.336 e. The van der Waals surface area contributed by atoms with E-state index >= 15 is 0 Å². The third-order valence-corrected chi connectivity index (χ3v) is 3.36. The monoisotopic (exact) mass is 288 g/mol. The molecule has 21 heavy (non-hydrogen) atoms. The summed E-state index contributed by atoms with van der Waals surface area (Å²) in [5.74, 6) is -0.0916. The highest BCUT2D eigenvalue weighted by molar-refractivity contribution is 6.02. The van der Waals surface area contributed by atoms with Crippen molar-refractivity contribution in [3.63, 3.8) is 0 Å². The van der Waals surface area contributed by atoms with Crippen molar-refractivity contribution in [3.05, 3.63) is 35.9 Å². The number of carbonyl (C=O) groups is 1. The number of hydrogen-bond donors (Lipinski definition) is 1. The molecule has 5 nitrogen and oxygen atoms in total. The van der Waals surface area contributed by atoms with Gasteiger partial charge in [0.05, 0.1) is 17.7 Å². The van der Waals surface area contributed by atoms with Crippen molar-refractivity contribution in [2.75, 3.05) is 31.2 Å². The van der Waals surface area contributed by atoms with Crippen molar-refractivity contribution in [2.24, 2.45) is 0 Å². The molecular weight excluding hydrogens is 268 g/mol. The predicted molar refractivity (Wildman–Crippen MR) is 83.1 cm³/mol. The van der Waals surface area contributed by atoms with Gasteiger partial charge in [-0.3, -0.25) is 0 Å². The molecule has 1 N–H and O–H groups in total. The lowest BCUT2D eigenvalue weighted by Crippen LogP contribution is -2.28. The molecular formula is C16H20N2O3. The molecule has 0 spiro atoms. The number of aromatic nitrogens is 1. The van der Waals surface area contributed by atoms with Gasteiger partial charge < -0.3 is 14.7 Å². The van der Waals surface area contributed by atoms with Gasteiger partial charge in [-0.1, -0.05) is 6.07 Å². The summed E-state index contributed by atoms with van der Waals surface area (Å²) in [6.45, 7) is 6.97. The fourth-order valence-electron chi connectivity index (χ4n) is 2.26. The molecule has 0 saturated heterocycles. The van der Waals surface area contributed by atoms with Gasteiger partial charge in [0, 0.05) is 25.1 Å². The summed E-state index contributed by atoms with van der Waals surface area (Å²) in [6.07, 6.45) is 0. The second kappa shape index (κ2) is 7.04. The maximum Gasteiger partial charge on any atom is 0.336 e. The first kappa shape index (κ1) is 15.3. The van der Waals surface area contributed by atoms with Gasteiger partial charge in [0.2, 0.25) is 0 Å². The Hall–Kier alpha value is -2.14. The van der Waals surface area contributed by atoms with Gasteiger partial charge in [-0.15, -0.1) is 0 Å². The van der Waals surface area contributed by atoms with E-state index in [1.54, 1.807) is 12.1 Å². The van der Waals surface area contributed by atoms with Gasteiger partial charge in [0.15, 0.2) is 0 Å². The van der Waals surface area contributed by atoms with Crippen LogP contribution < -0.4 is 4.90 Å². The van der Waals surface area contributed by atoms with E-state index in [1.807, 2.05) is 25.1 Å². The van der Waals surface area contributed by atoms with Gasteiger partial charge in [0.25, 0.3) is 0 Å². The third kappa shape index (κ3) is 3.49. The Bertz CT molecular complexity index is 628. The number of rotatable bonds is 7. The molecule has 1 aromatic carbocycles. The minimum Gasteiger partial charge on any atom is -0.478 e. The van der Waals surface area contributed by atoms with Crippen LogP contribution in [0.5, 0.6) is 0 Å². The number of pyridine rings is 1. The van der Waals surface area contributed by atoms with Crippen molar-refractivity contribution in [2.45, 2.75) is 13.8 Å². The van der Waals surface area contributed by atoms with Gasteiger partial charge in [-0.05, 0) is 38.1 Å². The number of ether oxygens (including phenoxy) is 1. The maximum absolute atomic E-state index is 11.2. The lowest BCUT2D eigenvalue weighted by Gasteiger charge is -2.22. The van der Waals surface area contributed by atoms with Gasteiger partial charge >= 0.3 is 5.97 Å². The van der Waals surface area contributed by atoms with Gasteiger partial charge in [0.1, 0.15) is 5.82 Å². The van der Waals surface area contributed by atoms with E-state index in [4.69, 9.17) is 4.74 Å². The first-order valence-electron chi connectivity index (χ1n) is 7.13. The zero-order chi connectivity index (χ0) is 15.2. The molecule has 1 aromatic heterocycles. The molecule has 0 unspecified atom stereocenters. The third-order valence-electron chi connectivity index (χ3n) is 3.36. The van der Waals surface area contributed by atoms with Crippen molar-refractivity contribution in [3.8, 4) is 0 Å². The summed E-state index contributed by atoms with van der Waals surface area (Å²) in [6, 6.07) is 8.84. The highest BCUT2D eigenvalue weighted by Gasteiger charge is 2.11. The van der Waals surface area contributed by atoms with Crippen LogP contribution in [-0.4, -0.2) is 42.4 Å². The lowest BCUT2D eigenvalue weighted by molar-refractivity contribution is 0.0699. The van der Waals surface area contributed by atoms with Crippen molar-refractivity contribution in [1.82, 2.24) is 4.98 Å². The number of likely N-dealkylation sites (N-methyl/N-ethyl adjacent to an activating group) is 1. The van der Waals surface area contributed by atoms with Gasteiger partial charge in [-0.25, -0.2) is 9.78 Å². The summed E-state index contributed by atoms with van der Waals surface area (Å²) in [4.78, 5) is 17.9. The van der Waals surface area contributed by atoms with Crippen LogP contribution in [0, 0.1) is 0 Å². The van der Waals surface area contributed by atoms with Crippen molar-refractivity contribution in [1.29, 1.82) is 0 Å². The molecule has 0 fully saturated rings. The Kier molecular flexibility index (Phi) is 5.11. The number of nitrogens with zero attached hydrogens (tertiary/aromatic N) is 2. The molecule has 112 valence electrons. The molecule has 0 atom stereocenters. The minimum absolute atomic E-state index is 0.281. The average Bonchev–Trinajstić information content (AvgIpc) is 2.50. The minimum atomic E-state index is -0.932. The summed E-state index contributed by atoms with van der Waals surface area (Å²) >= 11 is 0. The average molecular weight is 288 g/mol. The number of carboxylic acid groups (broad SMARTS) is 1. The van der Waals surface area contributed by atoms with E-state index in [9.17, 15) is 9.90 Å². The Morgan fingerprint density at radius 2 is 2.10 bits per heavy atom. The highest BCUT2D eigenvalue weighted by atomic mass is 16.5. The number of anilines is 1. The van der Waals surface area contributed by atoms with Crippen LogP contribution >= 0.6 is 0 Å². The molecule has 0 radical (unpaired) electrons. The van der Waals surface area contributed by atoms with Gasteiger partial charge in [-0.2, -0.15) is 0 Å². The Morgan fingerprint density at radius 3 is 2.76 bits per heavy atom. The Balaban J connectivity index is 2.31. The Labute approximate surface area is 124 Å². The zero-order valence-corrected chi connectivity index (χ0v) is 12.4. The van der Waals surface area contributed by atoms with Crippen LogP contribution in [0.3, 0.4) is 0 Å². The van der Waals surface area contributed by atoms with E-state index in [0.717, 1.165) is 18.9 Å². The first-order chi connectivity index (χ1) is 10.2. The standard InChI is InChI=1S/C16H20N2O3/c1-3-18(10-11-21-4-2)15-9-8-12-13(16(19)20)6-5-7-14(12)17-15/h5-9H,3-4,10-11H2,1-2H3,(H,19,20). The number of fused-ring (bicyclic) bond motifs is 1. The fourth-order valence-corrected chi connectivity index (χ4v) is 2.26. The molecule has 0 aliphatic heterocycles. The molecule has 1 heterocycles. The summed E-state index contributed by atoms with van der Waals surface area (Å²) in [5.41, 5.74) is 0.978. The predicted octanol–water partition coefficient (Wildman–Crippen LogP) is 2.80. The molecule has 0 amide bonds. The summed E-state index contributed by atoms with van der Waals surface area (Å²) < 4.78 is 5.38. The summed E-state index contributed by atoms with van der Waals surface area (Å²) in [7, 11) is 0. The summed E-state index contributed by atoms with van der Waals surface area (Å²) in [5, 5.41) is 9.86. The van der Waals surface area contributed by atoms with Crippen LogP contribution in [0.25, 0.3) is 10.9 Å². The second-order valence-corrected chi connectivity index (χ2v) is 4.62. The lowest BCUT2D eigenvalue weighted by atomic mass is 10.1.